The van der Waals surface area contributed by atoms with Crippen molar-refractivity contribution in [3.05, 3.63) is 63.4 Å². The topological polar surface area (TPSA) is 75.7 Å². The molecule has 0 radical (unpaired) electrons. The number of likely N-dealkylation sites (tertiary alicyclic amines) is 1. The van der Waals surface area contributed by atoms with E-state index in [9.17, 15) is 17.6 Å². The molecule has 1 N–H and O–H groups in total. The molecule has 1 aliphatic heterocycles. The number of amides is 1. The monoisotopic (exact) mass is 494 g/mol. The summed E-state index contributed by atoms with van der Waals surface area (Å²) in [5, 5.41) is 0.749. The molecule has 6 nitrogen and oxygen atoms in total. The molecule has 2 fully saturated rings. The lowest BCUT2D eigenvalue weighted by Crippen LogP contribution is -2.40. The minimum atomic E-state index is -3.79. The predicted molar refractivity (Wildman–Crippen MR) is 126 cm³/mol. The fourth-order valence-electron chi connectivity index (χ4n) is 4.24. The fourth-order valence-corrected chi connectivity index (χ4v) is 4.98. The molecule has 1 saturated heterocycles. The van der Waals surface area contributed by atoms with Crippen LogP contribution in [0.4, 0.5) is 4.39 Å². The Morgan fingerprint density at radius 3 is 2.67 bits per heavy atom. The van der Waals surface area contributed by atoms with E-state index in [1.807, 2.05) is 29.8 Å². The van der Waals surface area contributed by atoms with E-state index >= 15 is 0 Å². The molecular weight excluding hydrogens is 467 g/mol. The van der Waals surface area contributed by atoms with Crippen LogP contribution in [0.5, 0.6) is 5.75 Å². The number of nitrogens with zero attached hydrogens (tertiary/aromatic N) is 1. The van der Waals surface area contributed by atoms with E-state index < -0.39 is 21.7 Å². The molecule has 0 spiro atoms. The van der Waals surface area contributed by atoms with Crippen molar-refractivity contribution in [2.45, 2.75) is 51.2 Å². The van der Waals surface area contributed by atoms with Crippen LogP contribution in [0, 0.1) is 12.7 Å². The molecule has 2 aliphatic rings. The lowest BCUT2D eigenvalue weighted by Gasteiger charge is -2.33. The normalized spacial score (nSPS) is 19.3. The zero-order chi connectivity index (χ0) is 23.8. The van der Waals surface area contributed by atoms with Crippen LogP contribution in [0.2, 0.25) is 5.02 Å². The Hall–Kier alpha value is -2.16. The SMILES string of the molecule is Cc1ccc(CN2CCCC(Oc3cc(F)c(C(=O)NS(C)(=O)=O)cc3C3CC3)C2)c(Cl)c1. The number of hydrogen-bond donors (Lipinski definition) is 1. The predicted octanol–water partition coefficient (Wildman–Crippen LogP) is 4.40. The van der Waals surface area contributed by atoms with Gasteiger partial charge in [0.2, 0.25) is 10.0 Å². The number of hydrogen-bond acceptors (Lipinski definition) is 5. The van der Waals surface area contributed by atoms with Crippen molar-refractivity contribution in [3.63, 3.8) is 0 Å². The Balaban J connectivity index is 1.49. The van der Waals surface area contributed by atoms with Gasteiger partial charge >= 0.3 is 0 Å². The highest BCUT2D eigenvalue weighted by molar-refractivity contribution is 7.89. The van der Waals surface area contributed by atoms with Crippen molar-refractivity contribution in [1.29, 1.82) is 0 Å². The molecular formula is C24H28ClFN2O4S. The van der Waals surface area contributed by atoms with E-state index in [0.29, 0.717) is 18.8 Å². The number of rotatable bonds is 7. The van der Waals surface area contributed by atoms with Gasteiger partial charge in [-0.15, -0.1) is 0 Å². The molecule has 0 aromatic heterocycles. The number of carbonyl (C=O) groups excluding carboxylic acids is 1. The molecule has 1 saturated carbocycles. The van der Waals surface area contributed by atoms with Gasteiger partial charge in [-0.05, 0) is 73.9 Å². The summed E-state index contributed by atoms with van der Waals surface area (Å²) in [6.45, 7) is 4.34. The van der Waals surface area contributed by atoms with Gasteiger partial charge in [-0.1, -0.05) is 23.7 Å². The summed E-state index contributed by atoms with van der Waals surface area (Å²) in [7, 11) is -3.79. The molecule has 1 aliphatic carbocycles. The van der Waals surface area contributed by atoms with Gasteiger partial charge in [0, 0.05) is 24.2 Å². The third kappa shape index (κ3) is 6.25. The van der Waals surface area contributed by atoms with Crippen LogP contribution < -0.4 is 9.46 Å². The van der Waals surface area contributed by atoms with Gasteiger partial charge in [-0.2, -0.15) is 0 Å². The molecule has 2 aromatic carbocycles. The molecule has 4 rings (SSSR count). The first kappa shape index (κ1) is 24.0. The van der Waals surface area contributed by atoms with Crippen LogP contribution in [0.1, 0.15) is 58.6 Å². The molecule has 1 heterocycles. The molecule has 1 amide bonds. The summed E-state index contributed by atoms with van der Waals surface area (Å²) in [5.74, 6) is -1.14. The number of sulfonamides is 1. The maximum atomic E-state index is 14.8. The second-order valence-corrected chi connectivity index (χ2v) is 11.2. The Morgan fingerprint density at radius 1 is 1.24 bits per heavy atom. The molecule has 33 heavy (non-hydrogen) atoms. The van der Waals surface area contributed by atoms with Crippen LogP contribution in [-0.2, 0) is 16.6 Å². The van der Waals surface area contributed by atoms with Crippen LogP contribution in [0.3, 0.4) is 0 Å². The van der Waals surface area contributed by atoms with Gasteiger partial charge in [-0.25, -0.2) is 17.5 Å². The summed E-state index contributed by atoms with van der Waals surface area (Å²) >= 11 is 6.41. The Bertz CT molecular complexity index is 1170. The maximum absolute atomic E-state index is 14.8. The van der Waals surface area contributed by atoms with Gasteiger partial charge in [0.05, 0.1) is 11.8 Å². The lowest BCUT2D eigenvalue weighted by molar-refractivity contribution is 0.0832. The van der Waals surface area contributed by atoms with Crippen molar-refractivity contribution in [3.8, 4) is 5.75 Å². The van der Waals surface area contributed by atoms with E-state index in [2.05, 4.69) is 4.90 Å². The molecule has 178 valence electrons. The van der Waals surface area contributed by atoms with Crippen LogP contribution in [0.25, 0.3) is 0 Å². The first-order chi connectivity index (χ1) is 15.6. The zero-order valence-corrected chi connectivity index (χ0v) is 20.3. The summed E-state index contributed by atoms with van der Waals surface area (Å²) in [4.78, 5) is 14.5. The lowest BCUT2D eigenvalue weighted by atomic mass is 10.0. The number of piperidine rings is 1. The standard InChI is InChI=1S/C24H28ClFN2O4S/c1-15-5-6-17(21(25)10-15)13-28-9-3-4-18(14-28)32-23-12-22(26)20(11-19(23)16-7-8-16)24(29)27-33(2,30)31/h5-6,10-12,16,18H,3-4,7-9,13-14H2,1-2H3,(H,27,29). The average Bonchev–Trinajstić information content (AvgIpc) is 3.54. The highest BCUT2D eigenvalue weighted by Gasteiger charge is 2.31. The van der Waals surface area contributed by atoms with Gasteiger partial charge < -0.3 is 4.74 Å². The van der Waals surface area contributed by atoms with Crippen molar-refractivity contribution in [2.24, 2.45) is 0 Å². The molecule has 0 bridgehead atoms. The number of benzene rings is 2. The number of aryl methyl sites for hydroxylation is 1. The average molecular weight is 495 g/mol. The smallest absolute Gasteiger partial charge is 0.267 e. The van der Waals surface area contributed by atoms with Crippen LogP contribution in [0.15, 0.2) is 30.3 Å². The summed E-state index contributed by atoms with van der Waals surface area (Å²) in [5.41, 5.74) is 2.66. The maximum Gasteiger partial charge on any atom is 0.267 e. The van der Waals surface area contributed by atoms with Crippen molar-refractivity contribution in [1.82, 2.24) is 9.62 Å². The van der Waals surface area contributed by atoms with Crippen molar-refractivity contribution >= 4 is 27.5 Å². The number of carbonyl (C=O) groups is 1. The first-order valence-electron chi connectivity index (χ1n) is 11.1. The van der Waals surface area contributed by atoms with Gasteiger partial charge in [0.25, 0.3) is 5.91 Å². The second kappa shape index (κ2) is 9.60. The summed E-state index contributed by atoms with van der Waals surface area (Å²) in [6.07, 6.45) is 4.40. The second-order valence-electron chi connectivity index (χ2n) is 9.06. The van der Waals surface area contributed by atoms with E-state index in [4.69, 9.17) is 16.3 Å². The Labute approximate surface area is 199 Å². The minimum Gasteiger partial charge on any atom is -0.489 e. The van der Waals surface area contributed by atoms with E-state index in [-0.39, 0.29) is 17.6 Å². The number of halogens is 2. The molecule has 1 unspecified atom stereocenters. The highest BCUT2D eigenvalue weighted by Crippen LogP contribution is 2.45. The van der Waals surface area contributed by atoms with E-state index in [1.165, 1.54) is 12.1 Å². The number of nitrogens with one attached hydrogen (secondary N) is 1. The number of ether oxygens (including phenoxy) is 1. The first-order valence-corrected chi connectivity index (χ1v) is 13.4. The van der Waals surface area contributed by atoms with Crippen LogP contribution >= 0.6 is 11.6 Å². The summed E-state index contributed by atoms with van der Waals surface area (Å²) in [6, 6.07) is 8.71. The highest BCUT2D eigenvalue weighted by atomic mass is 35.5. The quantitative estimate of drug-likeness (QED) is 0.617. The third-order valence-electron chi connectivity index (χ3n) is 6.00. The minimum absolute atomic E-state index is 0.115. The molecule has 2 aromatic rings. The van der Waals surface area contributed by atoms with E-state index in [1.54, 1.807) is 0 Å². The van der Waals surface area contributed by atoms with Gasteiger partial charge in [-0.3, -0.25) is 9.69 Å². The third-order valence-corrected chi connectivity index (χ3v) is 6.91. The molecule has 9 heteroatoms. The van der Waals surface area contributed by atoms with Crippen molar-refractivity contribution in [2.75, 3.05) is 19.3 Å². The fraction of sp³-hybridized carbons (Fsp3) is 0.458. The largest absolute Gasteiger partial charge is 0.489 e. The van der Waals surface area contributed by atoms with Gasteiger partial charge in [0.15, 0.2) is 0 Å². The van der Waals surface area contributed by atoms with Gasteiger partial charge in [0.1, 0.15) is 17.7 Å². The zero-order valence-electron chi connectivity index (χ0n) is 18.7. The Morgan fingerprint density at radius 2 is 2.00 bits per heavy atom. The van der Waals surface area contributed by atoms with E-state index in [0.717, 1.165) is 60.2 Å². The van der Waals surface area contributed by atoms with Crippen molar-refractivity contribution < 1.29 is 22.3 Å². The molecule has 1 atom stereocenters. The Kier molecular flexibility index (Phi) is 6.98. The summed E-state index contributed by atoms with van der Waals surface area (Å²) < 4.78 is 45.7. The van der Waals surface area contributed by atoms with Crippen LogP contribution in [-0.4, -0.2) is 44.7 Å².